The predicted octanol–water partition coefficient (Wildman–Crippen LogP) is 5.48. The van der Waals surface area contributed by atoms with Crippen LogP contribution in [0.25, 0.3) is 15.3 Å². The number of carbonyl (C=O) groups excluding carboxylic acids is 1. The Kier molecular flexibility index (Phi) is 7.77. The maximum Gasteiger partial charge on any atom is 0.256 e. The van der Waals surface area contributed by atoms with E-state index in [1.165, 1.54) is 56.7 Å². The van der Waals surface area contributed by atoms with Gasteiger partial charge in [-0.05, 0) is 61.2 Å². The SMILES string of the molecule is Cc1cc(NC(=O)c2ccc(S(=O)(=O)N(CC(C)C)CC(C)C)cc2)n(-c2nc3ccc(F)cc3s2)n1. The Morgan fingerprint density at radius 2 is 1.70 bits per heavy atom. The number of nitrogens with zero attached hydrogens (tertiary/aromatic N) is 4. The molecule has 2 aromatic heterocycles. The molecule has 0 fully saturated rings. The van der Waals surface area contributed by atoms with Crippen LogP contribution in [0.4, 0.5) is 10.2 Å². The lowest BCUT2D eigenvalue weighted by molar-refractivity contribution is 0.102. The molecule has 8 nitrogen and oxygen atoms in total. The number of benzene rings is 2. The number of sulfonamides is 1. The number of fused-ring (bicyclic) bond motifs is 1. The molecule has 0 saturated carbocycles. The van der Waals surface area contributed by atoms with Gasteiger partial charge in [-0.15, -0.1) is 0 Å². The molecule has 4 rings (SSSR count). The average molecular weight is 544 g/mol. The van der Waals surface area contributed by atoms with Crippen LogP contribution in [-0.4, -0.2) is 46.5 Å². The summed E-state index contributed by atoms with van der Waals surface area (Å²) in [6.45, 7) is 10.6. The zero-order valence-corrected chi connectivity index (χ0v) is 23.0. The van der Waals surface area contributed by atoms with Crippen LogP contribution >= 0.6 is 11.3 Å². The second-order valence-electron chi connectivity index (χ2n) is 9.78. The minimum atomic E-state index is -3.69. The maximum atomic E-state index is 13.6. The first-order chi connectivity index (χ1) is 17.4. The first-order valence-electron chi connectivity index (χ1n) is 12.0. The first-order valence-corrected chi connectivity index (χ1v) is 14.2. The van der Waals surface area contributed by atoms with E-state index in [1.807, 2.05) is 27.7 Å². The average Bonchev–Trinajstić information content (AvgIpc) is 3.40. The summed E-state index contributed by atoms with van der Waals surface area (Å²) in [5.41, 5.74) is 1.60. The van der Waals surface area contributed by atoms with E-state index < -0.39 is 15.9 Å². The maximum absolute atomic E-state index is 13.6. The Labute approximate surface area is 220 Å². The predicted molar refractivity (Wildman–Crippen MR) is 144 cm³/mol. The number of aryl methyl sites for hydroxylation is 1. The fourth-order valence-electron chi connectivity index (χ4n) is 3.91. The number of carbonyl (C=O) groups is 1. The van der Waals surface area contributed by atoms with E-state index in [1.54, 1.807) is 19.1 Å². The number of anilines is 1. The topological polar surface area (TPSA) is 97.2 Å². The molecule has 0 unspecified atom stereocenters. The third-order valence-electron chi connectivity index (χ3n) is 5.49. The summed E-state index contributed by atoms with van der Waals surface area (Å²) < 4.78 is 43.8. The van der Waals surface area contributed by atoms with Gasteiger partial charge in [0, 0.05) is 24.7 Å². The van der Waals surface area contributed by atoms with Gasteiger partial charge in [0.1, 0.15) is 11.6 Å². The van der Waals surface area contributed by atoms with Crippen molar-refractivity contribution in [3.05, 3.63) is 65.6 Å². The zero-order valence-electron chi connectivity index (χ0n) is 21.4. The van der Waals surface area contributed by atoms with Gasteiger partial charge >= 0.3 is 0 Å². The number of hydrogen-bond acceptors (Lipinski definition) is 6. The summed E-state index contributed by atoms with van der Waals surface area (Å²) in [6, 6.07) is 12.0. The van der Waals surface area contributed by atoms with E-state index in [0.717, 1.165) is 0 Å². The number of amides is 1. The van der Waals surface area contributed by atoms with Gasteiger partial charge in [-0.25, -0.2) is 17.8 Å². The largest absolute Gasteiger partial charge is 0.306 e. The third-order valence-corrected chi connectivity index (χ3v) is 8.32. The summed E-state index contributed by atoms with van der Waals surface area (Å²) in [5, 5.41) is 7.75. The van der Waals surface area contributed by atoms with E-state index in [0.29, 0.717) is 45.5 Å². The van der Waals surface area contributed by atoms with Crippen LogP contribution in [0.5, 0.6) is 0 Å². The van der Waals surface area contributed by atoms with Gasteiger partial charge in [-0.3, -0.25) is 4.79 Å². The van der Waals surface area contributed by atoms with Crippen molar-refractivity contribution in [1.82, 2.24) is 19.1 Å². The highest BCUT2D eigenvalue weighted by atomic mass is 32.2. The van der Waals surface area contributed by atoms with E-state index in [4.69, 9.17) is 0 Å². The molecule has 2 heterocycles. The van der Waals surface area contributed by atoms with Crippen molar-refractivity contribution in [1.29, 1.82) is 0 Å². The molecule has 11 heteroatoms. The Hall–Kier alpha value is -3.15. The molecule has 2 aromatic carbocycles. The van der Waals surface area contributed by atoms with Gasteiger partial charge in [-0.1, -0.05) is 39.0 Å². The number of hydrogen-bond donors (Lipinski definition) is 1. The van der Waals surface area contributed by atoms with Gasteiger partial charge in [0.05, 0.1) is 20.8 Å². The van der Waals surface area contributed by atoms with E-state index in [9.17, 15) is 17.6 Å². The van der Waals surface area contributed by atoms with Crippen LogP contribution in [0.3, 0.4) is 0 Å². The zero-order chi connectivity index (χ0) is 26.9. The minimum absolute atomic E-state index is 0.146. The molecule has 1 N–H and O–H groups in total. The summed E-state index contributed by atoms with van der Waals surface area (Å²) in [5.74, 6) is -0.00484. The number of aromatic nitrogens is 3. The highest BCUT2D eigenvalue weighted by Gasteiger charge is 2.26. The first kappa shape index (κ1) is 26.9. The quantitative estimate of drug-likeness (QED) is 0.301. The van der Waals surface area contributed by atoms with Gasteiger partial charge in [0.15, 0.2) is 0 Å². The van der Waals surface area contributed by atoms with Crippen LogP contribution < -0.4 is 5.32 Å². The van der Waals surface area contributed by atoms with Crippen molar-refractivity contribution >= 4 is 43.3 Å². The van der Waals surface area contributed by atoms with Gasteiger partial charge in [-0.2, -0.15) is 14.1 Å². The van der Waals surface area contributed by atoms with E-state index >= 15 is 0 Å². The highest BCUT2D eigenvalue weighted by molar-refractivity contribution is 7.89. The molecule has 4 aromatic rings. The molecular formula is C26H30FN5O3S2. The second-order valence-corrected chi connectivity index (χ2v) is 12.7. The number of halogens is 1. The molecule has 0 radical (unpaired) electrons. The molecular weight excluding hydrogens is 513 g/mol. The van der Waals surface area contributed by atoms with E-state index in [2.05, 4.69) is 15.4 Å². The van der Waals surface area contributed by atoms with E-state index in [-0.39, 0.29) is 22.5 Å². The van der Waals surface area contributed by atoms with Crippen molar-refractivity contribution in [2.75, 3.05) is 18.4 Å². The smallest absolute Gasteiger partial charge is 0.256 e. The van der Waals surface area contributed by atoms with Crippen molar-refractivity contribution in [2.45, 2.75) is 39.5 Å². The Balaban J connectivity index is 1.56. The molecule has 0 saturated heterocycles. The minimum Gasteiger partial charge on any atom is -0.306 e. The summed E-state index contributed by atoms with van der Waals surface area (Å²) in [6.07, 6.45) is 0. The van der Waals surface area contributed by atoms with Crippen LogP contribution in [0, 0.1) is 24.6 Å². The Morgan fingerprint density at radius 3 is 2.32 bits per heavy atom. The Bertz CT molecular complexity index is 1520. The monoisotopic (exact) mass is 543 g/mol. The van der Waals surface area contributed by atoms with Crippen LogP contribution in [-0.2, 0) is 10.0 Å². The van der Waals surface area contributed by atoms with Gasteiger partial charge in [0.25, 0.3) is 5.91 Å². The van der Waals surface area contributed by atoms with Crippen LogP contribution in [0.2, 0.25) is 0 Å². The lowest BCUT2D eigenvalue weighted by Gasteiger charge is -2.25. The van der Waals surface area contributed by atoms with Crippen LogP contribution in [0.15, 0.2) is 53.4 Å². The standard InChI is InChI=1S/C26H30FN5O3S2/c1-16(2)14-31(15-17(3)4)37(34,35)21-9-6-19(7-10-21)25(33)29-24-12-18(5)30-32(24)26-28-22-11-8-20(27)13-23(22)36-26/h6-13,16-17H,14-15H2,1-5H3,(H,29,33). The molecule has 37 heavy (non-hydrogen) atoms. The number of nitrogens with one attached hydrogen (secondary N) is 1. The molecule has 0 aliphatic carbocycles. The third kappa shape index (κ3) is 6.06. The highest BCUT2D eigenvalue weighted by Crippen LogP contribution is 2.28. The summed E-state index contributed by atoms with van der Waals surface area (Å²) in [7, 11) is -3.69. The van der Waals surface area contributed by atoms with Crippen molar-refractivity contribution in [3.63, 3.8) is 0 Å². The molecule has 0 bridgehead atoms. The number of thiazole rings is 1. The van der Waals surface area contributed by atoms with Gasteiger partial charge in [0.2, 0.25) is 15.2 Å². The van der Waals surface area contributed by atoms with Crippen molar-refractivity contribution in [3.8, 4) is 5.13 Å². The molecule has 0 atom stereocenters. The lowest BCUT2D eigenvalue weighted by atomic mass is 10.2. The molecule has 1 amide bonds. The molecule has 0 aliphatic rings. The van der Waals surface area contributed by atoms with Gasteiger partial charge < -0.3 is 5.32 Å². The fourth-order valence-corrected chi connectivity index (χ4v) is 6.64. The van der Waals surface area contributed by atoms with Crippen molar-refractivity contribution < 1.29 is 17.6 Å². The lowest BCUT2D eigenvalue weighted by Crippen LogP contribution is -2.37. The fraction of sp³-hybridized carbons (Fsp3) is 0.346. The summed E-state index contributed by atoms with van der Waals surface area (Å²) in [4.78, 5) is 17.7. The molecule has 196 valence electrons. The number of rotatable bonds is 9. The van der Waals surface area contributed by atoms with Crippen molar-refractivity contribution in [2.24, 2.45) is 11.8 Å². The normalized spacial score (nSPS) is 12.2. The molecule has 0 spiro atoms. The summed E-state index contributed by atoms with van der Waals surface area (Å²) >= 11 is 1.26. The Morgan fingerprint density at radius 1 is 1.05 bits per heavy atom. The second kappa shape index (κ2) is 10.7. The molecule has 0 aliphatic heterocycles. The van der Waals surface area contributed by atoms with Crippen LogP contribution in [0.1, 0.15) is 43.7 Å².